The van der Waals surface area contributed by atoms with E-state index in [4.69, 9.17) is 14.2 Å². The normalized spacial score (nSPS) is 12.2. The summed E-state index contributed by atoms with van der Waals surface area (Å²) in [6, 6.07) is 5.47. The van der Waals surface area contributed by atoms with Gasteiger partial charge >= 0.3 is 5.97 Å². The van der Waals surface area contributed by atoms with Gasteiger partial charge in [0.15, 0.2) is 17.2 Å². The number of carbonyl (C=O) groups excluding carboxylic acids is 2. The van der Waals surface area contributed by atoms with Gasteiger partial charge in [0.1, 0.15) is 5.69 Å². The first-order valence-corrected chi connectivity index (χ1v) is 11.0. The van der Waals surface area contributed by atoms with Crippen LogP contribution < -0.4 is 14.8 Å². The fourth-order valence-corrected chi connectivity index (χ4v) is 4.12. The van der Waals surface area contributed by atoms with E-state index in [1.807, 2.05) is 26.0 Å². The zero-order valence-corrected chi connectivity index (χ0v) is 19.8. The van der Waals surface area contributed by atoms with Crippen LogP contribution in [0.4, 0.5) is 5.69 Å². The molecule has 3 heterocycles. The molecule has 2 aromatic heterocycles. The van der Waals surface area contributed by atoms with Gasteiger partial charge in [-0.2, -0.15) is 5.10 Å². The fourth-order valence-electron chi connectivity index (χ4n) is 3.66. The topological polar surface area (TPSA) is 96.6 Å². The Balaban J connectivity index is 1.82. The lowest BCUT2D eigenvalue weighted by Crippen LogP contribution is -2.20. The van der Waals surface area contributed by atoms with E-state index in [0.717, 1.165) is 5.56 Å². The fraction of sp³-hybridized carbons (Fsp3) is 0.318. The summed E-state index contributed by atoms with van der Waals surface area (Å²) in [4.78, 5) is 26.1. The first kappa shape index (κ1) is 21.9. The molecule has 0 unspecified atom stereocenters. The maximum absolute atomic E-state index is 13.3. The van der Waals surface area contributed by atoms with Gasteiger partial charge in [-0.15, -0.1) is 0 Å². The average Bonchev–Trinajstić information content (AvgIpc) is 3.43. The highest BCUT2D eigenvalue weighted by atomic mass is 79.9. The minimum atomic E-state index is -0.531. The van der Waals surface area contributed by atoms with Crippen molar-refractivity contribution in [2.24, 2.45) is 7.05 Å². The van der Waals surface area contributed by atoms with Gasteiger partial charge in [0, 0.05) is 25.4 Å². The highest BCUT2D eigenvalue weighted by molar-refractivity contribution is 9.10. The Morgan fingerprint density at radius 2 is 1.97 bits per heavy atom. The SMILES string of the molecule is CCOC(=O)c1c(NC(=O)c2c(Br)c(C)nn2CC)c(-c2ccc3c(c2)OCO3)cn1C. The van der Waals surface area contributed by atoms with Crippen LogP contribution in [0.2, 0.25) is 0 Å². The molecule has 0 aliphatic carbocycles. The molecular weight excluding hydrogens is 480 g/mol. The number of ether oxygens (including phenoxy) is 3. The number of amides is 1. The minimum Gasteiger partial charge on any atom is -0.461 e. The van der Waals surface area contributed by atoms with Crippen molar-refractivity contribution in [3.8, 4) is 22.6 Å². The Bertz CT molecular complexity index is 1210. The lowest BCUT2D eigenvalue weighted by molar-refractivity contribution is 0.0516. The van der Waals surface area contributed by atoms with Crippen molar-refractivity contribution in [2.45, 2.75) is 27.3 Å². The Morgan fingerprint density at radius 3 is 2.69 bits per heavy atom. The smallest absolute Gasteiger partial charge is 0.357 e. The summed E-state index contributed by atoms with van der Waals surface area (Å²) in [7, 11) is 1.73. The van der Waals surface area contributed by atoms with Gasteiger partial charge in [0.25, 0.3) is 5.91 Å². The summed E-state index contributed by atoms with van der Waals surface area (Å²) in [6.07, 6.45) is 1.77. The van der Waals surface area contributed by atoms with Crippen LogP contribution in [0.15, 0.2) is 28.9 Å². The Kier molecular flexibility index (Phi) is 5.96. The molecule has 32 heavy (non-hydrogen) atoms. The molecule has 4 rings (SSSR count). The number of anilines is 1. The lowest BCUT2D eigenvalue weighted by Gasteiger charge is -2.12. The van der Waals surface area contributed by atoms with Crippen LogP contribution in [0.5, 0.6) is 11.5 Å². The third-order valence-corrected chi connectivity index (χ3v) is 6.09. The van der Waals surface area contributed by atoms with Gasteiger partial charge in [0.2, 0.25) is 6.79 Å². The summed E-state index contributed by atoms with van der Waals surface area (Å²) in [5.74, 6) is 0.325. The van der Waals surface area contributed by atoms with E-state index in [1.165, 1.54) is 0 Å². The van der Waals surface area contributed by atoms with Crippen molar-refractivity contribution in [1.29, 1.82) is 0 Å². The number of hydrogen-bond donors (Lipinski definition) is 1. The van der Waals surface area contributed by atoms with Crippen molar-refractivity contribution in [3.63, 3.8) is 0 Å². The molecule has 1 aliphatic heterocycles. The number of benzene rings is 1. The zero-order valence-electron chi connectivity index (χ0n) is 18.2. The number of hydrogen-bond acceptors (Lipinski definition) is 6. The molecule has 3 aromatic rings. The number of aromatic nitrogens is 3. The number of halogens is 1. The second-order valence-corrected chi connectivity index (χ2v) is 7.98. The molecule has 1 N–H and O–H groups in total. The van der Waals surface area contributed by atoms with E-state index in [0.29, 0.717) is 45.2 Å². The quantitative estimate of drug-likeness (QED) is 0.508. The standard InChI is InChI=1S/C22H23BrN4O5/c1-5-27-19(17(23)12(3)25-27)21(28)24-18-14(10-26(4)20(18)22(29)30-6-2)13-7-8-15-16(9-13)32-11-31-15/h7-10H,5-6,11H2,1-4H3,(H,24,28). The first-order chi connectivity index (χ1) is 15.3. The second-order valence-electron chi connectivity index (χ2n) is 7.18. The van der Waals surface area contributed by atoms with Crippen molar-refractivity contribution >= 4 is 33.5 Å². The number of esters is 1. The highest BCUT2D eigenvalue weighted by Crippen LogP contribution is 2.40. The monoisotopic (exact) mass is 502 g/mol. The molecule has 1 amide bonds. The van der Waals surface area contributed by atoms with E-state index in [9.17, 15) is 9.59 Å². The first-order valence-electron chi connectivity index (χ1n) is 10.2. The third-order valence-electron chi connectivity index (χ3n) is 5.14. The van der Waals surface area contributed by atoms with E-state index in [2.05, 4.69) is 26.3 Å². The van der Waals surface area contributed by atoms with Gasteiger partial charge in [-0.3, -0.25) is 9.48 Å². The lowest BCUT2D eigenvalue weighted by atomic mass is 10.1. The number of nitrogens with one attached hydrogen (secondary N) is 1. The molecule has 9 nitrogen and oxygen atoms in total. The molecule has 0 saturated carbocycles. The second kappa shape index (κ2) is 8.70. The number of nitrogens with zero attached hydrogens (tertiary/aromatic N) is 3. The zero-order chi connectivity index (χ0) is 23.0. The molecule has 0 spiro atoms. The maximum Gasteiger partial charge on any atom is 0.357 e. The maximum atomic E-state index is 13.3. The number of carbonyl (C=O) groups is 2. The van der Waals surface area contributed by atoms with Crippen LogP contribution in [-0.2, 0) is 18.3 Å². The molecular formula is C22H23BrN4O5. The third kappa shape index (κ3) is 3.75. The molecule has 0 fully saturated rings. The van der Waals surface area contributed by atoms with Gasteiger partial charge < -0.3 is 24.1 Å². The molecule has 168 valence electrons. The number of fused-ring (bicyclic) bond motifs is 1. The highest BCUT2D eigenvalue weighted by Gasteiger charge is 2.28. The molecule has 0 saturated heterocycles. The van der Waals surface area contributed by atoms with Crippen molar-refractivity contribution < 1.29 is 23.8 Å². The van der Waals surface area contributed by atoms with E-state index in [1.54, 1.807) is 35.5 Å². The predicted octanol–water partition coefficient (Wildman–Crippen LogP) is 4.14. The molecule has 1 aromatic carbocycles. The summed E-state index contributed by atoms with van der Waals surface area (Å²) < 4.78 is 20.0. The molecule has 10 heteroatoms. The largest absolute Gasteiger partial charge is 0.461 e. The number of rotatable bonds is 6. The molecule has 0 bridgehead atoms. The summed E-state index contributed by atoms with van der Waals surface area (Å²) >= 11 is 3.46. The van der Waals surface area contributed by atoms with Crippen molar-refractivity contribution in [1.82, 2.24) is 14.3 Å². The Hall–Kier alpha value is -3.27. The van der Waals surface area contributed by atoms with Crippen molar-refractivity contribution in [2.75, 3.05) is 18.7 Å². The summed E-state index contributed by atoms with van der Waals surface area (Å²) in [5.41, 5.74) is 3.08. The average molecular weight is 503 g/mol. The van der Waals surface area contributed by atoms with Crippen LogP contribution in [0.1, 0.15) is 40.5 Å². The number of aryl methyl sites for hydroxylation is 3. The molecule has 1 aliphatic rings. The Morgan fingerprint density at radius 1 is 1.22 bits per heavy atom. The van der Waals surface area contributed by atoms with Crippen LogP contribution in [-0.4, -0.2) is 39.6 Å². The van der Waals surface area contributed by atoms with Crippen LogP contribution in [0, 0.1) is 6.92 Å². The Labute approximate surface area is 193 Å². The van der Waals surface area contributed by atoms with E-state index >= 15 is 0 Å². The molecule has 0 radical (unpaired) electrons. The van der Waals surface area contributed by atoms with Gasteiger partial charge in [0.05, 0.1) is 22.5 Å². The predicted molar refractivity (Wildman–Crippen MR) is 121 cm³/mol. The summed E-state index contributed by atoms with van der Waals surface area (Å²) in [5, 5.41) is 7.31. The van der Waals surface area contributed by atoms with Gasteiger partial charge in [-0.25, -0.2) is 4.79 Å². The molecule has 0 atom stereocenters. The minimum absolute atomic E-state index is 0.152. The van der Waals surface area contributed by atoms with Gasteiger partial charge in [-0.1, -0.05) is 6.07 Å². The van der Waals surface area contributed by atoms with Crippen LogP contribution in [0.3, 0.4) is 0 Å². The van der Waals surface area contributed by atoms with E-state index < -0.39 is 11.9 Å². The van der Waals surface area contributed by atoms with Gasteiger partial charge in [-0.05, 0) is 54.4 Å². The van der Waals surface area contributed by atoms with E-state index in [-0.39, 0.29) is 19.1 Å². The van der Waals surface area contributed by atoms with Crippen molar-refractivity contribution in [3.05, 3.63) is 46.0 Å². The van der Waals surface area contributed by atoms with Crippen LogP contribution >= 0.6 is 15.9 Å². The summed E-state index contributed by atoms with van der Waals surface area (Å²) in [6.45, 7) is 6.34. The van der Waals surface area contributed by atoms with Crippen LogP contribution in [0.25, 0.3) is 11.1 Å².